The van der Waals surface area contributed by atoms with Crippen molar-refractivity contribution in [1.29, 1.82) is 0 Å². The molecule has 2 aromatic rings. The first kappa shape index (κ1) is 19.0. The van der Waals surface area contributed by atoms with Gasteiger partial charge in [-0.2, -0.15) is 0 Å². The molecular formula is C17H18FN3O5. The fourth-order valence-electron chi connectivity index (χ4n) is 2.05. The van der Waals surface area contributed by atoms with E-state index in [0.717, 1.165) is 6.07 Å². The smallest absolute Gasteiger partial charge is 0.319 e. The summed E-state index contributed by atoms with van der Waals surface area (Å²) < 4.78 is 25.0. The van der Waals surface area contributed by atoms with Crippen molar-refractivity contribution >= 4 is 17.4 Å². The Labute approximate surface area is 149 Å². The molecule has 0 bridgehead atoms. The van der Waals surface area contributed by atoms with E-state index in [4.69, 9.17) is 9.47 Å². The van der Waals surface area contributed by atoms with Crippen LogP contribution in [-0.4, -0.2) is 24.1 Å². The third kappa shape index (κ3) is 4.82. The molecule has 2 aromatic carbocycles. The largest absolute Gasteiger partial charge is 0.493 e. The minimum Gasteiger partial charge on any atom is -0.493 e. The highest BCUT2D eigenvalue weighted by atomic mass is 19.1. The van der Waals surface area contributed by atoms with E-state index in [0.29, 0.717) is 0 Å². The average Bonchev–Trinajstić information content (AvgIpc) is 2.57. The number of nitro benzene ring substituents is 1. The lowest BCUT2D eigenvalue weighted by atomic mass is 10.2. The number of methoxy groups -OCH3 is 1. The van der Waals surface area contributed by atoms with Crippen molar-refractivity contribution in [3.05, 3.63) is 52.3 Å². The van der Waals surface area contributed by atoms with Gasteiger partial charge in [-0.1, -0.05) is 0 Å². The first-order valence-corrected chi connectivity index (χ1v) is 7.67. The molecule has 2 N–H and O–H groups in total. The molecule has 138 valence electrons. The fourth-order valence-corrected chi connectivity index (χ4v) is 2.05. The molecule has 0 radical (unpaired) electrons. The lowest BCUT2D eigenvalue weighted by Crippen LogP contribution is -2.34. The molecule has 0 atom stereocenters. The lowest BCUT2D eigenvalue weighted by molar-refractivity contribution is -0.384. The Balaban J connectivity index is 2.22. The maximum absolute atomic E-state index is 14.3. The molecule has 9 heteroatoms. The number of nitro groups is 1. The summed E-state index contributed by atoms with van der Waals surface area (Å²) in [5, 5.41) is 15.6. The molecule has 0 saturated carbocycles. The first-order chi connectivity index (χ1) is 12.3. The maximum Gasteiger partial charge on any atom is 0.319 e. The predicted octanol–water partition coefficient (Wildman–Crippen LogP) is 4.06. The second kappa shape index (κ2) is 8.15. The summed E-state index contributed by atoms with van der Waals surface area (Å²) in [4.78, 5) is 21.9. The number of ether oxygens (including phenoxy) is 2. The summed E-state index contributed by atoms with van der Waals surface area (Å²) in [5.41, 5.74) is -0.165. The molecule has 0 aliphatic rings. The van der Waals surface area contributed by atoms with E-state index < -0.39 is 16.8 Å². The molecule has 0 fully saturated rings. The number of carbonyl (C=O) groups is 1. The van der Waals surface area contributed by atoms with E-state index in [1.165, 1.54) is 37.4 Å². The molecule has 2 amide bonds. The highest BCUT2D eigenvalue weighted by Crippen LogP contribution is 2.36. The number of nitrogens with one attached hydrogen (secondary N) is 2. The molecule has 0 aromatic heterocycles. The zero-order valence-electron chi connectivity index (χ0n) is 14.4. The van der Waals surface area contributed by atoms with Gasteiger partial charge < -0.3 is 20.1 Å². The van der Waals surface area contributed by atoms with Crippen molar-refractivity contribution in [3.63, 3.8) is 0 Å². The number of rotatable bonds is 6. The van der Waals surface area contributed by atoms with Crippen molar-refractivity contribution in [3.8, 4) is 17.2 Å². The number of hydrogen-bond donors (Lipinski definition) is 2. The Morgan fingerprint density at radius 2 is 1.85 bits per heavy atom. The van der Waals surface area contributed by atoms with Crippen LogP contribution < -0.4 is 20.1 Å². The van der Waals surface area contributed by atoms with Gasteiger partial charge in [-0.05, 0) is 26.0 Å². The van der Waals surface area contributed by atoms with Gasteiger partial charge in [0, 0.05) is 30.3 Å². The molecule has 2 rings (SSSR count). The van der Waals surface area contributed by atoms with Gasteiger partial charge >= 0.3 is 6.03 Å². The fraction of sp³-hybridized carbons (Fsp3) is 0.235. The van der Waals surface area contributed by atoms with Crippen molar-refractivity contribution in [2.75, 3.05) is 12.4 Å². The first-order valence-electron chi connectivity index (χ1n) is 7.67. The van der Waals surface area contributed by atoms with Crippen LogP contribution in [0.15, 0.2) is 36.4 Å². The third-order valence-electron chi connectivity index (χ3n) is 3.20. The van der Waals surface area contributed by atoms with Crippen LogP contribution in [0.1, 0.15) is 13.8 Å². The van der Waals surface area contributed by atoms with Gasteiger partial charge in [0.25, 0.3) is 5.69 Å². The Bertz CT molecular complexity index is 809. The molecule has 0 unspecified atom stereocenters. The van der Waals surface area contributed by atoms with Crippen LogP contribution in [0.3, 0.4) is 0 Å². The minimum absolute atomic E-state index is 0.0636. The van der Waals surface area contributed by atoms with Crippen molar-refractivity contribution in [2.24, 2.45) is 0 Å². The lowest BCUT2D eigenvalue weighted by Gasteiger charge is -2.14. The van der Waals surface area contributed by atoms with E-state index in [1.807, 2.05) is 0 Å². The Morgan fingerprint density at radius 1 is 1.19 bits per heavy atom. The zero-order chi connectivity index (χ0) is 19.3. The van der Waals surface area contributed by atoms with E-state index in [9.17, 15) is 19.3 Å². The van der Waals surface area contributed by atoms with Crippen molar-refractivity contribution in [2.45, 2.75) is 19.9 Å². The second-order valence-electron chi connectivity index (χ2n) is 5.59. The molecular weight excluding hydrogens is 345 g/mol. The summed E-state index contributed by atoms with van der Waals surface area (Å²) in [6.07, 6.45) is 0. The van der Waals surface area contributed by atoms with Gasteiger partial charge in [-0.3, -0.25) is 10.1 Å². The SMILES string of the molecule is COc1cc(NC(=O)NC(C)C)c(F)cc1Oc1ccc([N+](=O)[O-])cc1. The molecule has 0 aliphatic carbocycles. The number of non-ortho nitro benzene ring substituents is 1. The summed E-state index contributed by atoms with van der Waals surface area (Å²) in [7, 11) is 1.37. The molecule has 0 saturated heterocycles. The van der Waals surface area contributed by atoms with E-state index in [2.05, 4.69) is 10.6 Å². The van der Waals surface area contributed by atoms with E-state index >= 15 is 0 Å². The van der Waals surface area contributed by atoms with Crippen LogP contribution >= 0.6 is 0 Å². The quantitative estimate of drug-likeness (QED) is 0.595. The van der Waals surface area contributed by atoms with Crippen LogP contribution in [0.5, 0.6) is 17.2 Å². The number of nitrogens with zero attached hydrogens (tertiary/aromatic N) is 1. The highest BCUT2D eigenvalue weighted by molar-refractivity contribution is 5.90. The van der Waals surface area contributed by atoms with Crippen LogP contribution in [0.25, 0.3) is 0 Å². The molecule has 0 aliphatic heterocycles. The van der Waals surface area contributed by atoms with Gasteiger partial charge in [0.05, 0.1) is 17.7 Å². The third-order valence-corrected chi connectivity index (χ3v) is 3.20. The van der Waals surface area contributed by atoms with Crippen LogP contribution in [-0.2, 0) is 0 Å². The molecule has 0 spiro atoms. The second-order valence-corrected chi connectivity index (χ2v) is 5.59. The van der Waals surface area contributed by atoms with Crippen LogP contribution in [0.2, 0.25) is 0 Å². The van der Waals surface area contributed by atoms with E-state index in [1.54, 1.807) is 13.8 Å². The highest BCUT2D eigenvalue weighted by Gasteiger charge is 2.15. The maximum atomic E-state index is 14.3. The Kier molecular flexibility index (Phi) is 5.94. The topological polar surface area (TPSA) is 103 Å². The number of anilines is 1. The number of urea groups is 1. The number of amides is 2. The zero-order valence-corrected chi connectivity index (χ0v) is 14.4. The number of carbonyl (C=O) groups excluding carboxylic acids is 1. The normalized spacial score (nSPS) is 10.3. The molecule has 0 heterocycles. The summed E-state index contributed by atoms with van der Waals surface area (Å²) in [6, 6.07) is 7.00. The molecule has 26 heavy (non-hydrogen) atoms. The number of halogens is 1. The predicted molar refractivity (Wildman–Crippen MR) is 93.4 cm³/mol. The average molecular weight is 363 g/mol. The Morgan fingerprint density at radius 3 is 2.38 bits per heavy atom. The standard InChI is InChI=1S/C17H18FN3O5/c1-10(2)19-17(22)20-14-9-15(25-3)16(8-13(14)18)26-12-6-4-11(5-7-12)21(23)24/h4-10H,1-3H3,(H2,19,20,22). The number of hydrogen-bond acceptors (Lipinski definition) is 5. The van der Waals surface area contributed by atoms with E-state index in [-0.39, 0.29) is 34.7 Å². The van der Waals surface area contributed by atoms with Crippen LogP contribution in [0, 0.1) is 15.9 Å². The van der Waals surface area contributed by atoms with Gasteiger partial charge in [-0.15, -0.1) is 0 Å². The number of benzene rings is 2. The summed E-state index contributed by atoms with van der Waals surface area (Å²) in [5.74, 6) is -0.202. The summed E-state index contributed by atoms with van der Waals surface area (Å²) in [6.45, 7) is 3.55. The van der Waals surface area contributed by atoms with Crippen molar-refractivity contribution < 1.29 is 23.6 Å². The van der Waals surface area contributed by atoms with Gasteiger partial charge in [0.2, 0.25) is 0 Å². The Hall–Kier alpha value is -3.36. The summed E-state index contributed by atoms with van der Waals surface area (Å²) >= 11 is 0. The van der Waals surface area contributed by atoms with Gasteiger partial charge in [-0.25, -0.2) is 9.18 Å². The minimum atomic E-state index is -0.721. The molecule has 8 nitrogen and oxygen atoms in total. The van der Waals surface area contributed by atoms with Crippen molar-refractivity contribution in [1.82, 2.24) is 5.32 Å². The van der Waals surface area contributed by atoms with Gasteiger partial charge in [0.1, 0.15) is 5.75 Å². The monoisotopic (exact) mass is 363 g/mol. The van der Waals surface area contributed by atoms with Gasteiger partial charge in [0.15, 0.2) is 17.3 Å². The van der Waals surface area contributed by atoms with Crippen LogP contribution in [0.4, 0.5) is 20.6 Å².